The number of carbonyl (C=O) groups excluding carboxylic acids is 2. The Morgan fingerprint density at radius 2 is 1.75 bits per heavy atom. The van der Waals surface area contributed by atoms with E-state index < -0.39 is 23.0 Å². The summed E-state index contributed by atoms with van der Waals surface area (Å²) in [5.74, 6) is -0.677. The lowest BCUT2D eigenvalue weighted by Gasteiger charge is -2.44. The number of carboxylic acids is 1. The Labute approximate surface area is 317 Å². The zero-order valence-electron chi connectivity index (χ0n) is 29.3. The van der Waals surface area contributed by atoms with Gasteiger partial charge in [0.2, 0.25) is 0 Å². The van der Waals surface area contributed by atoms with Gasteiger partial charge < -0.3 is 29.9 Å². The number of rotatable bonds is 10. The van der Waals surface area contributed by atoms with Crippen molar-refractivity contribution < 1.29 is 24.2 Å². The van der Waals surface area contributed by atoms with Crippen molar-refractivity contribution in [1.29, 1.82) is 0 Å². The summed E-state index contributed by atoms with van der Waals surface area (Å²) in [6, 6.07) is 13.7. The van der Waals surface area contributed by atoms with E-state index in [1.807, 2.05) is 35.2 Å². The van der Waals surface area contributed by atoms with Crippen molar-refractivity contribution in [3.63, 3.8) is 0 Å². The van der Waals surface area contributed by atoms with Gasteiger partial charge >= 0.3 is 12.0 Å². The number of likely N-dealkylation sites (tertiary alicyclic amines) is 3. The van der Waals surface area contributed by atoms with E-state index in [9.17, 15) is 19.5 Å². The van der Waals surface area contributed by atoms with E-state index in [2.05, 4.69) is 30.7 Å². The van der Waals surface area contributed by atoms with E-state index in [4.69, 9.17) is 27.9 Å². The van der Waals surface area contributed by atoms with E-state index in [0.29, 0.717) is 85.5 Å². The molecule has 53 heavy (non-hydrogen) atoms. The van der Waals surface area contributed by atoms with E-state index >= 15 is 0 Å². The third-order valence-electron chi connectivity index (χ3n) is 11.2. The number of nitrogens with one attached hydrogen (secondary N) is 1. The lowest BCUT2D eigenvalue weighted by Crippen LogP contribution is -2.57. The smallest absolute Gasteiger partial charge is 0.326 e. The van der Waals surface area contributed by atoms with Crippen molar-refractivity contribution in [2.45, 2.75) is 55.5 Å². The largest absolute Gasteiger partial charge is 0.496 e. The number of hydrogen-bond donors (Lipinski definition) is 2. The van der Waals surface area contributed by atoms with Crippen LogP contribution in [0.3, 0.4) is 0 Å². The maximum absolute atomic E-state index is 14.2. The first-order chi connectivity index (χ1) is 25.6. The minimum Gasteiger partial charge on any atom is -0.496 e. The normalized spacial score (nSPS) is 21.5. The molecule has 4 aromatic rings. The highest BCUT2D eigenvalue weighted by molar-refractivity contribution is 6.42. The molecule has 0 saturated carbocycles. The van der Waals surface area contributed by atoms with Gasteiger partial charge in [0.25, 0.3) is 5.91 Å². The fourth-order valence-corrected chi connectivity index (χ4v) is 8.44. The highest BCUT2D eigenvalue weighted by atomic mass is 35.5. The van der Waals surface area contributed by atoms with Gasteiger partial charge in [-0.25, -0.2) is 14.3 Å². The minimum atomic E-state index is -0.981. The number of benzene rings is 2. The third-order valence-corrected chi connectivity index (χ3v) is 11.9. The van der Waals surface area contributed by atoms with Crippen LogP contribution in [0, 0.1) is 0 Å². The molecule has 3 aliphatic rings. The summed E-state index contributed by atoms with van der Waals surface area (Å²) in [5, 5.41) is 25.3. The van der Waals surface area contributed by atoms with Gasteiger partial charge in [0.1, 0.15) is 18.1 Å². The van der Waals surface area contributed by atoms with Gasteiger partial charge in [0.05, 0.1) is 33.9 Å². The predicted octanol–water partition coefficient (Wildman–Crippen LogP) is 4.80. The van der Waals surface area contributed by atoms with Crippen LogP contribution in [0.25, 0.3) is 5.69 Å². The lowest BCUT2D eigenvalue weighted by atomic mass is 9.76. The van der Waals surface area contributed by atoms with E-state index in [-0.39, 0.29) is 11.9 Å². The average Bonchev–Trinajstić information content (AvgIpc) is 3.98. The van der Waals surface area contributed by atoms with Crippen molar-refractivity contribution in [3.8, 4) is 11.4 Å². The maximum atomic E-state index is 14.2. The number of urea groups is 1. The molecule has 2 N–H and O–H groups in total. The summed E-state index contributed by atoms with van der Waals surface area (Å²) >= 11 is 12.9. The monoisotopic (exact) mass is 761 g/mol. The molecule has 2 aromatic carbocycles. The topological polar surface area (TPSA) is 159 Å². The molecule has 3 aliphatic heterocycles. The van der Waals surface area contributed by atoms with Gasteiger partial charge in [-0.3, -0.25) is 9.78 Å². The van der Waals surface area contributed by atoms with Crippen LogP contribution < -0.4 is 10.1 Å². The van der Waals surface area contributed by atoms with E-state index in [1.54, 1.807) is 37.7 Å². The van der Waals surface area contributed by atoms with Crippen molar-refractivity contribution in [2.75, 3.05) is 46.4 Å². The van der Waals surface area contributed by atoms with Crippen LogP contribution in [0.5, 0.6) is 5.75 Å². The first-order valence-electron chi connectivity index (χ1n) is 17.7. The van der Waals surface area contributed by atoms with Gasteiger partial charge in [-0.15, -0.1) is 5.10 Å². The molecular formula is C37H41Cl2N9O5. The molecule has 0 spiro atoms. The van der Waals surface area contributed by atoms with Crippen LogP contribution in [0.4, 0.5) is 4.79 Å². The highest BCUT2D eigenvalue weighted by Gasteiger charge is 2.45. The van der Waals surface area contributed by atoms with E-state index in [0.717, 1.165) is 30.5 Å². The minimum absolute atomic E-state index is 0.155. The molecule has 0 aliphatic carbocycles. The van der Waals surface area contributed by atoms with Crippen molar-refractivity contribution >= 4 is 41.1 Å². The summed E-state index contributed by atoms with van der Waals surface area (Å²) in [5.41, 5.74) is 1.95. The zero-order chi connectivity index (χ0) is 37.2. The van der Waals surface area contributed by atoms with Crippen LogP contribution in [0.2, 0.25) is 10.0 Å². The van der Waals surface area contributed by atoms with E-state index in [1.165, 1.54) is 15.9 Å². The Bertz CT molecular complexity index is 1960. The number of ether oxygens (including phenoxy) is 1. The number of aliphatic carboxylic acids is 1. The Hall–Kier alpha value is -4.79. The van der Waals surface area contributed by atoms with Crippen LogP contribution >= 0.6 is 23.2 Å². The second kappa shape index (κ2) is 15.3. The third kappa shape index (κ3) is 7.40. The first-order valence-corrected chi connectivity index (χ1v) is 18.5. The fraction of sp³-hybridized carbons (Fsp3) is 0.432. The molecule has 16 heteroatoms. The molecule has 2 atom stereocenters. The second-order valence-corrected chi connectivity index (χ2v) is 14.9. The number of pyridine rings is 1. The molecule has 3 saturated heterocycles. The SMILES string of the molecule is COc1ccc(-n2cnnn2)cc1C(=O)N1CCC(CCN2CCC(NC(=O)N3CCCC3C(=O)O)(c3ccncc3)CC2)(c2ccc(Cl)c(Cl)c2)C1. The van der Waals surface area contributed by atoms with Crippen LogP contribution in [0.1, 0.15) is 60.0 Å². The Kier molecular flexibility index (Phi) is 10.5. The van der Waals surface area contributed by atoms with Gasteiger partial charge in [0.15, 0.2) is 0 Å². The molecule has 0 bridgehead atoms. The molecule has 278 valence electrons. The van der Waals surface area contributed by atoms with Crippen LogP contribution in [-0.4, -0.2) is 115 Å². The number of methoxy groups -OCH3 is 1. The number of amides is 3. The number of aromatic nitrogens is 5. The van der Waals surface area contributed by atoms with Crippen molar-refractivity contribution in [1.82, 2.24) is 45.2 Å². The lowest BCUT2D eigenvalue weighted by molar-refractivity contribution is -0.141. The summed E-state index contributed by atoms with van der Waals surface area (Å²) < 4.78 is 7.10. The van der Waals surface area contributed by atoms with Gasteiger partial charge in [-0.2, -0.15) is 0 Å². The number of nitrogens with zero attached hydrogens (tertiary/aromatic N) is 8. The quantitative estimate of drug-likeness (QED) is 0.230. The Morgan fingerprint density at radius 3 is 2.45 bits per heavy atom. The number of carbonyl (C=O) groups is 3. The van der Waals surface area contributed by atoms with Gasteiger partial charge in [-0.05, 0) is 109 Å². The molecule has 14 nitrogen and oxygen atoms in total. The highest BCUT2D eigenvalue weighted by Crippen LogP contribution is 2.42. The van der Waals surface area contributed by atoms with Gasteiger partial charge in [-0.1, -0.05) is 29.3 Å². The average molecular weight is 763 g/mol. The number of hydrogen-bond acceptors (Lipinski definition) is 9. The van der Waals surface area contributed by atoms with Gasteiger partial charge in [0, 0.05) is 50.5 Å². The zero-order valence-corrected chi connectivity index (χ0v) is 30.8. The Morgan fingerprint density at radius 1 is 0.962 bits per heavy atom. The fourth-order valence-electron chi connectivity index (χ4n) is 8.14. The Balaban J connectivity index is 1.09. The molecular weight excluding hydrogens is 721 g/mol. The molecule has 3 amide bonds. The molecule has 2 unspecified atom stereocenters. The number of carboxylic acid groups (broad SMARTS) is 1. The molecule has 2 aromatic heterocycles. The summed E-state index contributed by atoms with van der Waals surface area (Å²) in [6.45, 7) is 3.55. The molecule has 7 rings (SSSR count). The number of tetrazole rings is 1. The number of halogens is 2. The van der Waals surface area contributed by atoms with Crippen LogP contribution in [-0.2, 0) is 15.7 Å². The second-order valence-electron chi connectivity index (χ2n) is 14.1. The standard InChI is InChI=1S/C37H41Cl2N9O5/c1-53-32-7-5-27(48-24-41-43-44-48)22-28(32)33(49)46-20-11-36(23-46,26-4-6-29(38)30(39)21-26)10-17-45-18-12-37(13-19-45,25-8-14-40-15-9-25)42-35(52)47-16-2-3-31(47)34(50)51/h4-9,14-15,21-22,24,31H,2-3,10-13,16-20,23H2,1H3,(H,42,52)(H,50,51). The number of piperidine rings is 1. The van der Waals surface area contributed by atoms with Crippen molar-refractivity contribution in [3.05, 3.63) is 94.0 Å². The van der Waals surface area contributed by atoms with Crippen molar-refractivity contribution in [2.24, 2.45) is 0 Å². The summed E-state index contributed by atoms with van der Waals surface area (Å²) in [7, 11) is 1.54. The predicted molar refractivity (Wildman–Crippen MR) is 196 cm³/mol. The molecule has 0 radical (unpaired) electrons. The summed E-state index contributed by atoms with van der Waals surface area (Å²) in [4.78, 5) is 49.6. The maximum Gasteiger partial charge on any atom is 0.326 e. The van der Waals surface area contributed by atoms with Crippen LogP contribution in [0.15, 0.2) is 67.3 Å². The molecule has 3 fully saturated rings. The summed E-state index contributed by atoms with van der Waals surface area (Å²) in [6.07, 6.45) is 8.75. The first kappa shape index (κ1) is 36.6. The molecule has 5 heterocycles.